The quantitative estimate of drug-likeness (QED) is 0.669. The van der Waals surface area contributed by atoms with Crippen LogP contribution in [-0.4, -0.2) is 41.1 Å². The highest BCUT2D eigenvalue weighted by atomic mass is 16.5. The van der Waals surface area contributed by atoms with Gasteiger partial charge in [-0.15, -0.1) is 0 Å². The van der Waals surface area contributed by atoms with Gasteiger partial charge in [-0.05, 0) is 67.9 Å². The molecule has 0 radical (unpaired) electrons. The molecule has 2 aliphatic carbocycles. The smallest absolute Gasteiger partial charge is 0.147 e. The van der Waals surface area contributed by atoms with Crippen molar-refractivity contribution < 1.29 is 4.74 Å². The van der Waals surface area contributed by atoms with E-state index in [1.807, 2.05) is 0 Å². The van der Waals surface area contributed by atoms with Crippen LogP contribution in [-0.2, 0) is 17.6 Å². The van der Waals surface area contributed by atoms with Gasteiger partial charge in [-0.25, -0.2) is 9.67 Å². The van der Waals surface area contributed by atoms with E-state index in [1.54, 1.807) is 0 Å². The van der Waals surface area contributed by atoms with Crippen molar-refractivity contribution in [2.24, 2.45) is 0 Å². The van der Waals surface area contributed by atoms with E-state index in [9.17, 15) is 0 Å². The first-order valence-corrected chi connectivity index (χ1v) is 11.8. The van der Waals surface area contributed by atoms with Crippen LogP contribution in [0.2, 0.25) is 0 Å². The number of anilines is 2. The normalized spacial score (nSPS) is 18.9. The number of ether oxygens (including phenoxy) is 1. The summed E-state index contributed by atoms with van der Waals surface area (Å²) in [5.74, 6) is 0.591. The molecule has 0 atom stereocenters. The van der Waals surface area contributed by atoms with Crippen LogP contribution in [0.5, 0.6) is 0 Å². The van der Waals surface area contributed by atoms with Crippen molar-refractivity contribution in [2.45, 2.75) is 38.5 Å². The number of nitrogen functional groups attached to an aromatic ring is 1. The van der Waals surface area contributed by atoms with Crippen LogP contribution < -0.4 is 10.6 Å². The lowest BCUT2D eigenvalue weighted by molar-refractivity contribution is 0.123. The predicted molar refractivity (Wildman–Crippen MR) is 130 cm³/mol. The van der Waals surface area contributed by atoms with E-state index in [1.165, 1.54) is 40.9 Å². The van der Waals surface area contributed by atoms with Gasteiger partial charge in [-0.2, -0.15) is 5.10 Å². The van der Waals surface area contributed by atoms with Gasteiger partial charge in [0.2, 0.25) is 0 Å². The maximum atomic E-state index is 6.32. The van der Waals surface area contributed by atoms with E-state index in [4.69, 9.17) is 20.6 Å². The summed E-state index contributed by atoms with van der Waals surface area (Å²) >= 11 is 0. The summed E-state index contributed by atoms with van der Waals surface area (Å²) in [7, 11) is 0. The lowest BCUT2D eigenvalue weighted by Crippen LogP contribution is -2.36. The third kappa shape index (κ3) is 3.39. The molecular weight excluding hydrogens is 398 g/mol. The van der Waals surface area contributed by atoms with E-state index in [0.29, 0.717) is 5.82 Å². The number of hydrogen-bond acceptors (Lipinski definition) is 5. The zero-order valence-electron chi connectivity index (χ0n) is 18.4. The third-order valence-electron chi connectivity index (χ3n) is 6.91. The number of allylic oxidation sites excluding steroid dienone is 4. The number of benzene rings is 1. The molecule has 3 aliphatic rings. The number of fused-ring (bicyclic) bond motifs is 2. The van der Waals surface area contributed by atoms with Gasteiger partial charge in [0.15, 0.2) is 0 Å². The number of aromatic nitrogens is 3. The molecule has 0 saturated carbocycles. The second-order valence-corrected chi connectivity index (χ2v) is 8.92. The van der Waals surface area contributed by atoms with E-state index in [-0.39, 0.29) is 0 Å². The first-order valence-electron chi connectivity index (χ1n) is 11.8. The molecular formula is C26H29N5O. The molecule has 1 saturated heterocycles. The minimum Gasteiger partial charge on any atom is -0.382 e. The van der Waals surface area contributed by atoms with E-state index < -0.39 is 0 Å². The van der Waals surface area contributed by atoms with Gasteiger partial charge >= 0.3 is 0 Å². The van der Waals surface area contributed by atoms with Gasteiger partial charge in [0.05, 0.1) is 36.3 Å². The van der Waals surface area contributed by atoms with Gasteiger partial charge in [0, 0.05) is 29.7 Å². The van der Waals surface area contributed by atoms with E-state index >= 15 is 0 Å². The maximum absolute atomic E-state index is 6.32. The Balaban J connectivity index is 1.40. The highest BCUT2D eigenvalue weighted by Gasteiger charge is 2.22. The zero-order chi connectivity index (χ0) is 21.5. The van der Waals surface area contributed by atoms with Crippen molar-refractivity contribution in [3.05, 3.63) is 59.4 Å². The molecule has 2 aromatic heterocycles. The molecule has 0 unspecified atom stereocenters. The second-order valence-electron chi connectivity index (χ2n) is 8.92. The number of nitrogens with zero attached hydrogens (tertiary/aromatic N) is 4. The molecule has 3 aromatic rings. The summed E-state index contributed by atoms with van der Waals surface area (Å²) in [4.78, 5) is 6.98. The van der Waals surface area contributed by atoms with Crippen molar-refractivity contribution in [1.82, 2.24) is 14.8 Å². The summed E-state index contributed by atoms with van der Waals surface area (Å²) < 4.78 is 7.71. The second kappa shape index (κ2) is 8.10. The van der Waals surface area contributed by atoms with Gasteiger partial charge in [-0.3, -0.25) is 0 Å². The number of aryl methyl sites for hydroxylation is 1. The fraction of sp³-hybridized carbons (Fsp3) is 0.385. The Morgan fingerprint density at radius 2 is 1.81 bits per heavy atom. The number of morpholine rings is 1. The largest absolute Gasteiger partial charge is 0.382 e. The SMILES string of the molecule is Nc1nc2ccc(C3=CCCC=C3n3ncc4c3CCCC4)cc2cc1N1CCOCC1. The molecule has 1 aromatic carbocycles. The predicted octanol–water partition coefficient (Wildman–Crippen LogP) is 4.45. The number of rotatable bonds is 3. The Morgan fingerprint density at radius 3 is 2.72 bits per heavy atom. The molecule has 1 aliphatic heterocycles. The van der Waals surface area contributed by atoms with Crippen molar-refractivity contribution in [2.75, 3.05) is 36.9 Å². The Kier molecular flexibility index (Phi) is 4.95. The zero-order valence-corrected chi connectivity index (χ0v) is 18.4. The highest BCUT2D eigenvalue weighted by molar-refractivity contribution is 6.01. The van der Waals surface area contributed by atoms with Crippen molar-refractivity contribution in [1.29, 1.82) is 0 Å². The standard InChI is InChI=1S/C26H29N5O/c27-26-25(30-11-13-32-14-12-30)16-20-15-18(9-10-22(20)29-26)21-6-2-4-8-24(21)31-23-7-3-1-5-19(23)17-28-31/h6,8-10,15-17H,1-5,7,11-14H2,(H2,27,29). The molecule has 164 valence electrons. The maximum Gasteiger partial charge on any atom is 0.147 e. The van der Waals surface area contributed by atoms with E-state index in [2.05, 4.69) is 52.2 Å². The number of pyridine rings is 1. The molecule has 6 heteroatoms. The Hall–Kier alpha value is -3.12. The molecule has 32 heavy (non-hydrogen) atoms. The molecule has 0 amide bonds. The summed E-state index contributed by atoms with van der Waals surface area (Å²) in [6.07, 6.45) is 13.7. The fourth-order valence-corrected chi connectivity index (χ4v) is 5.23. The summed E-state index contributed by atoms with van der Waals surface area (Å²) in [6.45, 7) is 3.15. The van der Waals surface area contributed by atoms with Crippen LogP contribution in [0.4, 0.5) is 11.5 Å². The summed E-state index contributed by atoms with van der Waals surface area (Å²) in [5.41, 5.74) is 14.8. The Labute approximate surface area is 188 Å². The monoisotopic (exact) mass is 427 g/mol. The Morgan fingerprint density at radius 1 is 0.969 bits per heavy atom. The van der Waals surface area contributed by atoms with Crippen LogP contribution in [0.25, 0.3) is 22.2 Å². The lowest BCUT2D eigenvalue weighted by Gasteiger charge is -2.29. The summed E-state index contributed by atoms with van der Waals surface area (Å²) in [5, 5.41) is 5.92. The first-order chi connectivity index (χ1) is 15.8. The lowest BCUT2D eigenvalue weighted by atomic mass is 9.93. The van der Waals surface area contributed by atoms with Crippen LogP contribution in [0.1, 0.15) is 42.5 Å². The van der Waals surface area contributed by atoms with E-state index in [0.717, 1.165) is 68.6 Å². The molecule has 6 nitrogen and oxygen atoms in total. The molecule has 0 spiro atoms. The average molecular weight is 428 g/mol. The van der Waals surface area contributed by atoms with Crippen LogP contribution >= 0.6 is 0 Å². The van der Waals surface area contributed by atoms with Gasteiger partial charge in [0.25, 0.3) is 0 Å². The van der Waals surface area contributed by atoms with Crippen molar-refractivity contribution in [3.63, 3.8) is 0 Å². The molecule has 0 bridgehead atoms. The molecule has 6 rings (SSSR count). The van der Waals surface area contributed by atoms with Gasteiger partial charge < -0.3 is 15.4 Å². The number of hydrogen-bond donors (Lipinski definition) is 1. The third-order valence-corrected chi connectivity index (χ3v) is 6.91. The van der Waals surface area contributed by atoms with Crippen molar-refractivity contribution in [3.8, 4) is 0 Å². The first kappa shape index (κ1) is 19.6. The topological polar surface area (TPSA) is 69.2 Å². The molecule has 2 N–H and O–H groups in total. The number of nitrogens with two attached hydrogens (primary N) is 1. The van der Waals surface area contributed by atoms with Crippen LogP contribution in [0.3, 0.4) is 0 Å². The van der Waals surface area contributed by atoms with Crippen molar-refractivity contribution >= 4 is 33.7 Å². The molecule has 3 heterocycles. The Bertz CT molecular complexity index is 1230. The fourth-order valence-electron chi connectivity index (χ4n) is 5.23. The minimum atomic E-state index is 0.591. The van der Waals surface area contributed by atoms with Crippen LogP contribution in [0.15, 0.2) is 42.6 Å². The summed E-state index contributed by atoms with van der Waals surface area (Å²) in [6, 6.07) is 8.71. The molecule has 1 fully saturated rings. The van der Waals surface area contributed by atoms with Crippen LogP contribution in [0, 0.1) is 0 Å². The van der Waals surface area contributed by atoms with Gasteiger partial charge in [-0.1, -0.05) is 18.2 Å². The minimum absolute atomic E-state index is 0.591. The average Bonchev–Trinajstić information content (AvgIpc) is 3.28. The van der Waals surface area contributed by atoms with Gasteiger partial charge in [0.1, 0.15) is 5.82 Å². The highest BCUT2D eigenvalue weighted by Crippen LogP contribution is 2.36.